The Bertz CT molecular complexity index is 805. The van der Waals surface area contributed by atoms with Gasteiger partial charge in [-0.05, 0) is 43.7 Å². The van der Waals surface area contributed by atoms with E-state index in [2.05, 4.69) is 5.32 Å². The maximum Gasteiger partial charge on any atom is 0.418 e. The van der Waals surface area contributed by atoms with Crippen molar-refractivity contribution in [2.75, 3.05) is 16.8 Å². The minimum atomic E-state index is -4.54. The average Bonchev–Trinajstić information content (AvgIpc) is 2.54. The molecule has 2 aromatic carbocycles. The second-order valence-electron chi connectivity index (χ2n) is 5.98. The zero-order valence-corrected chi connectivity index (χ0v) is 13.7. The zero-order valence-electron chi connectivity index (χ0n) is 13.7. The summed E-state index contributed by atoms with van der Waals surface area (Å²) >= 11 is 0. The SMILES string of the molecule is Cc1ccc2c(c1)N(C(=O)Nc1ccccc1C(F)(F)F)C[C@H](C)O2. The number of carbonyl (C=O) groups is 1. The molecule has 4 nitrogen and oxygen atoms in total. The van der Waals surface area contributed by atoms with Gasteiger partial charge in [-0.3, -0.25) is 4.90 Å². The van der Waals surface area contributed by atoms with Crippen molar-refractivity contribution in [1.82, 2.24) is 0 Å². The van der Waals surface area contributed by atoms with E-state index in [0.717, 1.165) is 11.6 Å². The number of benzene rings is 2. The summed E-state index contributed by atoms with van der Waals surface area (Å²) in [5, 5.41) is 2.38. The molecule has 0 unspecified atom stereocenters. The molecule has 1 heterocycles. The third-order valence-electron chi connectivity index (χ3n) is 3.89. The lowest BCUT2D eigenvalue weighted by molar-refractivity contribution is -0.136. The molecule has 0 radical (unpaired) electrons. The Kier molecular flexibility index (Phi) is 4.32. The van der Waals surface area contributed by atoms with Crippen LogP contribution in [-0.4, -0.2) is 18.7 Å². The number of nitrogens with one attached hydrogen (secondary N) is 1. The van der Waals surface area contributed by atoms with E-state index in [0.29, 0.717) is 11.4 Å². The number of anilines is 2. The molecular formula is C18H17F3N2O2. The predicted octanol–water partition coefficient (Wildman–Crippen LogP) is 4.83. The van der Waals surface area contributed by atoms with Crippen molar-refractivity contribution < 1.29 is 22.7 Å². The number of carbonyl (C=O) groups excluding carboxylic acids is 1. The molecule has 0 bridgehead atoms. The summed E-state index contributed by atoms with van der Waals surface area (Å²) in [7, 11) is 0. The van der Waals surface area contributed by atoms with Crippen molar-refractivity contribution >= 4 is 17.4 Å². The first-order chi connectivity index (χ1) is 11.8. The quantitative estimate of drug-likeness (QED) is 0.800. The molecule has 0 saturated carbocycles. The van der Waals surface area contributed by atoms with Gasteiger partial charge in [0, 0.05) is 0 Å². The Balaban J connectivity index is 1.92. The molecule has 1 aliphatic heterocycles. The normalized spacial score (nSPS) is 16.8. The summed E-state index contributed by atoms with van der Waals surface area (Å²) in [5.74, 6) is 0.531. The van der Waals surface area contributed by atoms with Gasteiger partial charge >= 0.3 is 12.2 Å². The van der Waals surface area contributed by atoms with Crippen molar-refractivity contribution in [3.63, 3.8) is 0 Å². The Labute approximate surface area is 143 Å². The monoisotopic (exact) mass is 350 g/mol. The van der Waals surface area contributed by atoms with Crippen LogP contribution in [0.25, 0.3) is 0 Å². The Hall–Kier alpha value is -2.70. The van der Waals surface area contributed by atoms with Gasteiger partial charge in [0.1, 0.15) is 11.9 Å². The van der Waals surface area contributed by atoms with Gasteiger partial charge in [-0.25, -0.2) is 4.79 Å². The zero-order chi connectivity index (χ0) is 18.2. The Morgan fingerprint density at radius 1 is 1.24 bits per heavy atom. The van der Waals surface area contributed by atoms with Crippen molar-refractivity contribution in [3.05, 3.63) is 53.6 Å². The third-order valence-corrected chi connectivity index (χ3v) is 3.89. The number of para-hydroxylation sites is 1. The number of amides is 2. The number of urea groups is 1. The largest absolute Gasteiger partial charge is 0.487 e. The van der Waals surface area contributed by atoms with Crippen LogP contribution in [0.5, 0.6) is 5.75 Å². The second-order valence-corrected chi connectivity index (χ2v) is 5.98. The maximum atomic E-state index is 13.1. The second kappa shape index (κ2) is 6.31. The molecule has 1 atom stereocenters. The lowest BCUT2D eigenvalue weighted by Gasteiger charge is -2.33. The molecule has 0 aliphatic carbocycles. The molecule has 0 aromatic heterocycles. The van der Waals surface area contributed by atoms with E-state index in [-0.39, 0.29) is 18.3 Å². The fourth-order valence-corrected chi connectivity index (χ4v) is 2.76. The summed E-state index contributed by atoms with van der Waals surface area (Å²) in [5.41, 5.74) is 0.313. The highest BCUT2D eigenvalue weighted by Gasteiger charge is 2.35. The van der Waals surface area contributed by atoms with Crippen molar-refractivity contribution in [2.24, 2.45) is 0 Å². The Morgan fingerprint density at radius 3 is 2.68 bits per heavy atom. The van der Waals surface area contributed by atoms with E-state index in [9.17, 15) is 18.0 Å². The fourth-order valence-electron chi connectivity index (χ4n) is 2.76. The van der Waals surface area contributed by atoms with Gasteiger partial charge in [0.05, 0.1) is 23.5 Å². The lowest BCUT2D eigenvalue weighted by Crippen LogP contribution is -2.44. The number of alkyl halides is 3. The maximum absolute atomic E-state index is 13.1. The summed E-state index contributed by atoms with van der Waals surface area (Å²) in [4.78, 5) is 14.1. The van der Waals surface area contributed by atoms with E-state index in [1.807, 2.05) is 13.0 Å². The third kappa shape index (κ3) is 3.55. The molecular weight excluding hydrogens is 333 g/mol. The molecule has 2 aromatic rings. The highest BCUT2D eigenvalue weighted by atomic mass is 19.4. The van der Waals surface area contributed by atoms with Crippen molar-refractivity contribution in [1.29, 1.82) is 0 Å². The summed E-state index contributed by atoms with van der Waals surface area (Å²) in [6, 6.07) is 9.67. The smallest absolute Gasteiger partial charge is 0.418 e. The fraction of sp³-hybridized carbons (Fsp3) is 0.278. The van der Waals surface area contributed by atoms with Crippen LogP contribution in [0, 0.1) is 6.92 Å². The average molecular weight is 350 g/mol. The van der Waals surface area contributed by atoms with Crippen LogP contribution in [0.2, 0.25) is 0 Å². The highest BCUT2D eigenvalue weighted by Crippen LogP contribution is 2.37. The van der Waals surface area contributed by atoms with Crippen molar-refractivity contribution in [3.8, 4) is 5.75 Å². The minimum Gasteiger partial charge on any atom is -0.487 e. The molecule has 3 rings (SSSR count). The molecule has 0 spiro atoms. The van der Waals surface area contributed by atoms with Gasteiger partial charge in [0.15, 0.2) is 0 Å². The number of nitrogens with zero attached hydrogens (tertiary/aromatic N) is 1. The van der Waals surface area contributed by atoms with E-state index < -0.39 is 17.8 Å². The van der Waals surface area contributed by atoms with Gasteiger partial charge in [-0.1, -0.05) is 18.2 Å². The molecule has 0 saturated heterocycles. The number of aryl methyl sites for hydroxylation is 1. The Morgan fingerprint density at radius 2 is 1.96 bits per heavy atom. The van der Waals surface area contributed by atoms with Gasteiger partial charge in [0.2, 0.25) is 0 Å². The van der Waals surface area contributed by atoms with Crippen LogP contribution in [0.4, 0.5) is 29.3 Å². The van der Waals surface area contributed by atoms with Crippen molar-refractivity contribution in [2.45, 2.75) is 26.1 Å². The molecule has 1 aliphatic rings. The molecule has 0 fully saturated rings. The molecule has 25 heavy (non-hydrogen) atoms. The predicted molar refractivity (Wildman–Crippen MR) is 89.1 cm³/mol. The number of fused-ring (bicyclic) bond motifs is 1. The molecule has 7 heteroatoms. The van der Waals surface area contributed by atoms with E-state index in [1.54, 1.807) is 19.1 Å². The first kappa shape index (κ1) is 17.1. The summed E-state index contributed by atoms with van der Waals surface area (Å²) < 4.78 is 45.0. The standard InChI is InChI=1S/C18H17F3N2O2/c1-11-7-8-16-15(9-11)23(10-12(2)25-16)17(24)22-14-6-4-3-5-13(14)18(19,20)21/h3-9,12H,10H2,1-2H3,(H,22,24)/t12-/m0/s1. The van der Waals surface area contributed by atoms with Crippen LogP contribution in [0.15, 0.2) is 42.5 Å². The first-order valence-electron chi connectivity index (χ1n) is 7.78. The minimum absolute atomic E-state index is 0.246. The molecule has 2 amide bonds. The number of hydrogen-bond donors (Lipinski definition) is 1. The highest BCUT2D eigenvalue weighted by molar-refractivity contribution is 6.03. The first-order valence-corrected chi connectivity index (χ1v) is 7.78. The van der Waals surface area contributed by atoms with Gasteiger partial charge in [-0.15, -0.1) is 0 Å². The lowest BCUT2D eigenvalue weighted by atomic mass is 10.1. The van der Waals surface area contributed by atoms with E-state index in [1.165, 1.54) is 23.1 Å². The topological polar surface area (TPSA) is 41.6 Å². The van der Waals surface area contributed by atoms with Gasteiger partial charge in [-0.2, -0.15) is 13.2 Å². The van der Waals surface area contributed by atoms with Crippen LogP contribution in [0.1, 0.15) is 18.1 Å². The number of ether oxygens (including phenoxy) is 1. The summed E-state index contributed by atoms with van der Waals surface area (Å²) in [6.07, 6.45) is -4.81. The van der Waals surface area contributed by atoms with Crippen LogP contribution >= 0.6 is 0 Å². The number of hydrogen-bond acceptors (Lipinski definition) is 2. The number of rotatable bonds is 1. The van der Waals surface area contributed by atoms with Gasteiger partial charge < -0.3 is 10.1 Å². The van der Waals surface area contributed by atoms with Crippen LogP contribution in [-0.2, 0) is 6.18 Å². The van der Waals surface area contributed by atoms with Crippen LogP contribution in [0.3, 0.4) is 0 Å². The summed E-state index contributed by atoms with van der Waals surface area (Å²) in [6.45, 7) is 3.91. The van der Waals surface area contributed by atoms with Gasteiger partial charge in [0.25, 0.3) is 0 Å². The van der Waals surface area contributed by atoms with E-state index in [4.69, 9.17) is 4.74 Å². The molecule has 132 valence electrons. The van der Waals surface area contributed by atoms with E-state index >= 15 is 0 Å². The number of halogens is 3. The van der Waals surface area contributed by atoms with Crippen LogP contribution < -0.4 is 15.0 Å². The molecule has 1 N–H and O–H groups in total.